The van der Waals surface area contributed by atoms with Gasteiger partial charge in [0.2, 0.25) is 0 Å². The minimum Gasteiger partial charge on any atom is -0.373 e. The Bertz CT molecular complexity index is 478. The Balaban J connectivity index is 2.08. The van der Waals surface area contributed by atoms with Crippen molar-refractivity contribution in [2.24, 2.45) is 13.0 Å². The smallest absolute Gasteiger partial charge is 0.167 e. The topological polar surface area (TPSA) is 44.1 Å². The number of ether oxygens (including phenoxy) is 1. The van der Waals surface area contributed by atoms with Crippen LogP contribution in [0.1, 0.15) is 43.5 Å². The SMILES string of the molecule is COC(C(=O)Cc1c(Br)c(C)nn1C)C1CCCCC1. The number of rotatable bonds is 5. The molecule has 4 nitrogen and oxygen atoms in total. The molecule has 1 atom stereocenters. The van der Waals surface area contributed by atoms with Gasteiger partial charge in [-0.05, 0) is 41.6 Å². The van der Waals surface area contributed by atoms with Crippen molar-refractivity contribution in [2.75, 3.05) is 7.11 Å². The van der Waals surface area contributed by atoms with Gasteiger partial charge in [-0.1, -0.05) is 19.3 Å². The Morgan fingerprint density at radius 1 is 1.45 bits per heavy atom. The number of carbonyl (C=O) groups is 1. The fraction of sp³-hybridized carbons (Fsp3) is 0.733. The number of Topliss-reactive ketones (excluding diaryl/α,β-unsaturated/α-hetero) is 1. The first kappa shape index (κ1) is 15.7. The third-order valence-electron chi connectivity index (χ3n) is 4.25. The Labute approximate surface area is 129 Å². The van der Waals surface area contributed by atoms with E-state index in [0.29, 0.717) is 12.3 Å². The lowest BCUT2D eigenvalue weighted by atomic mass is 9.83. The van der Waals surface area contributed by atoms with Crippen molar-refractivity contribution in [1.29, 1.82) is 0 Å². The van der Waals surface area contributed by atoms with Gasteiger partial charge < -0.3 is 4.74 Å². The highest BCUT2D eigenvalue weighted by atomic mass is 79.9. The number of halogens is 1. The molecule has 2 rings (SSSR count). The molecule has 1 unspecified atom stereocenters. The highest BCUT2D eigenvalue weighted by Crippen LogP contribution is 2.29. The van der Waals surface area contributed by atoms with Crippen LogP contribution in [0.5, 0.6) is 0 Å². The van der Waals surface area contributed by atoms with E-state index in [9.17, 15) is 4.79 Å². The average molecular weight is 343 g/mol. The molecular weight excluding hydrogens is 320 g/mol. The van der Waals surface area contributed by atoms with Gasteiger partial charge in [0.1, 0.15) is 6.10 Å². The molecule has 1 heterocycles. The summed E-state index contributed by atoms with van der Waals surface area (Å²) < 4.78 is 8.24. The van der Waals surface area contributed by atoms with Crippen LogP contribution in [0.15, 0.2) is 4.47 Å². The molecule has 112 valence electrons. The van der Waals surface area contributed by atoms with E-state index in [-0.39, 0.29) is 11.9 Å². The summed E-state index contributed by atoms with van der Waals surface area (Å²) in [6.45, 7) is 1.94. The Kier molecular flexibility index (Phi) is 5.38. The molecule has 0 saturated heterocycles. The Hall–Kier alpha value is -0.680. The first-order valence-electron chi connectivity index (χ1n) is 7.28. The maximum Gasteiger partial charge on any atom is 0.167 e. The van der Waals surface area contributed by atoms with Crippen LogP contribution in [0.25, 0.3) is 0 Å². The molecule has 0 bridgehead atoms. The van der Waals surface area contributed by atoms with Gasteiger partial charge in [0.05, 0.1) is 22.3 Å². The zero-order valence-corrected chi connectivity index (χ0v) is 14.1. The molecule has 20 heavy (non-hydrogen) atoms. The summed E-state index contributed by atoms with van der Waals surface area (Å²) in [5.41, 5.74) is 1.85. The lowest BCUT2D eigenvalue weighted by molar-refractivity contribution is -0.132. The second-order valence-electron chi connectivity index (χ2n) is 5.67. The van der Waals surface area contributed by atoms with E-state index in [2.05, 4.69) is 21.0 Å². The van der Waals surface area contributed by atoms with Crippen LogP contribution in [0.2, 0.25) is 0 Å². The van der Waals surface area contributed by atoms with Crippen molar-refractivity contribution < 1.29 is 9.53 Å². The number of carbonyl (C=O) groups excluding carboxylic acids is 1. The summed E-state index contributed by atoms with van der Waals surface area (Å²) >= 11 is 3.52. The fourth-order valence-electron chi connectivity index (χ4n) is 3.16. The molecule has 1 fully saturated rings. The maximum absolute atomic E-state index is 12.6. The summed E-state index contributed by atoms with van der Waals surface area (Å²) in [5.74, 6) is 0.553. The second-order valence-corrected chi connectivity index (χ2v) is 6.46. The van der Waals surface area contributed by atoms with Gasteiger partial charge in [-0.3, -0.25) is 9.48 Å². The van der Waals surface area contributed by atoms with E-state index < -0.39 is 0 Å². The minimum atomic E-state index is -0.266. The molecule has 0 aliphatic heterocycles. The van der Waals surface area contributed by atoms with E-state index in [4.69, 9.17) is 4.74 Å². The van der Waals surface area contributed by atoms with Gasteiger partial charge in [-0.25, -0.2) is 0 Å². The summed E-state index contributed by atoms with van der Waals surface area (Å²) in [6.07, 6.45) is 6.04. The van der Waals surface area contributed by atoms with E-state index in [1.165, 1.54) is 19.3 Å². The van der Waals surface area contributed by atoms with Crippen molar-refractivity contribution in [3.63, 3.8) is 0 Å². The van der Waals surface area contributed by atoms with Crippen LogP contribution in [0, 0.1) is 12.8 Å². The molecule has 0 amide bonds. The van der Waals surface area contributed by atoms with Gasteiger partial charge >= 0.3 is 0 Å². The van der Waals surface area contributed by atoms with Gasteiger partial charge in [0.15, 0.2) is 5.78 Å². The summed E-state index contributed by atoms with van der Waals surface area (Å²) in [5, 5.41) is 4.34. The highest BCUT2D eigenvalue weighted by molar-refractivity contribution is 9.10. The van der Waals surface area contributed by atoms with E-state index in [0.717, 1.165) is 28.7 Å². The molecule has 1 aliphatic carbocycles. The van der Waals surface area contributed by atoms with E-state index in [1.807, 2.05) is 14.0 Å². The molecule has 0 radical (unpaired) electrons. The predicted molar refractivity (Wildman–Crippen MR) is 81.7 cm³/mol. The van der Waals surface area contributed by atoms with Gasteiger partial charge in [0, 0.05) is 14.2 Å². The number of ketones is 1. The van der Waals surface area contributed by atoms with E-state index in [1.54, 1.807) is 11.8 Å². The highest BCUT2D eigenvalue weighted by Gasteiger charge is 2.30. The number of hydrogen-bond donors (Lipinski definition) is 0. The van der Waals surface area contributed by atoms with Crippen molar-refractivity contribution in [3.8, 4) is 0 Å². The van der Waals surface area contributed by atoms with Crippen molar-refractivity contribution >= 4 is 21.7 Å². The van der Waals surface area contributed by atoms with E-state index >= 15 is 0 Å². The number of hydrogen-bond acceptors (Lipinski definition) is 3. The molecule has 1 aromatic heterocycles. The second kappa shape index (κ2) is 6.85. The van der Waals surface area contributed by atoms with Crippen LogP contribution >= 0.6 is 15.9 Å². The molecule has 1 aliphatic rings. The third-order valence-corrected chi connectivity index (χ3v) is 5.28. The van der Waals surface area contributed by atoms with Crippen LogP contribution in [0.3, 0.4) is 0 Å². The largest absolute Gasteiger partial charge is 0.373 e. The number of aryl methyl sites for hydroxylation is 2. The quantitative estimate of drug-likeness (QED) is 0.825. The third kappa shape index (κ3) is 3.31. The number of methoxy groups -OCH3 is 1. The molecule has 1 aromatic rings. The zero-order chi connectivity index (χ0) is 14.7. The lowest BCUT2D eigenvalue weighted by Crippen LogP contribution is -2.34. The normalized spacial score (nSPS) is 18.2. The van der Waals surface area contributed by atoms with Gasteiger partial charge in [-0.2, -0.15) is 5.10 Å². The molecule has 0 N–H and O–H groups in total. The van der Waals surface area contributed by atoms with Crippen molar-refractivity contribution in [3.05, 3.63) is 15.9 Å². The zero-order valence-electron chi connectivity index (χ0n) is 12.5. The molecular formula is C15H23BrN2O2. The monoisotopic (exact) mass is 342 g/mol. The van der Waals surface area contributed by atoms with Crippen LogP contribution in [-0.4, -0.2) is 28.8 Å². The number of nitrogens with zero attached hydrogens (tertiary/aromatic N) is 2. The first-order chi connectivity index (χ1) is 9.54. The first-order valence-corrected chi connectivity index (χ1v) is 8.07. The summed E-state index contributed by atoms with van der Waals surface area (Å²) in [4.78, 5) is 12.6. The van der Waals surface area contributed by atoms with Crippen molar-refractivity contribution in [1.82, 2.24) is 9.78 Å². The van der Waals surface area contributed by atoms with Crippen molar-refractivity contribution in [2.45, 2.75) is 51.6 Å². The maximum atomic E-state index is 12.6. The Morgan fingerprint density at radius 3 is 2.60 bits per heavy atom. The number of aromatic nitrogens is 2. The standard InChI is InChI=1S/C15H23BrN2O2/c1-10-14(16)12(18(2)17-10)9-13(19)15(20-3)11-7-5-4-6-8-11/h11,15H,4-9H2,1-3H3. The average Bonchev–Trinajstić information content (AvgIpc) is 2.67. The molecule has 0 aromatic carbocycles. The minimum absolute atomic E-state index is 0.170. The van der Waals surface area contributed by atoms with Gasteiger partial charge in [0.25, 0.3) is 0 Å². The molecule has 5 heteroatoms. The van der Waals surface area contributed by atoms with Gasteiger partial charge in [-0.15, -0.1) is 0 Å². The Morgan fingerprint density at radius 2 is 2.10 bits per heavy atom. The van der Waals surface area contributed by atoms with Crippen LogP contribution in [0.4, 0.5) is 0 Å². The van der Waals surface area contributed by atoms with Crippen LogP contribution in [-0.2, 0) is 23.0 Å². The lowest BCUT2D eigenvalue weighted by Gasteiger charge is -2.28. The molecule has 1 saturated carbocycles. The summed E-state index contributed by atoms with van der Waals surface area (Å²) in [6, 6.07) is 0. The summed E-state index contributed by atoms with van der Waals surface area (Å²) in [7, 11) is 3.53. The molecule has 0 spiro atoms. The van der Waals surface area contributed by atoms with Crippen LogP contribution < -0.4 is 0 Å². The fourth-order valence-corrected chi connectivity index (χ4v) is 3.64. The predicted octanol–water partition coefficient (Wildman–Crippen LogP) is 3.20.